The van der Waals surface area contributed by atoms with Gasteiger partial charge < -0.3 is 45.7 Å². The minimum Gasteiger partial charge on any atom is -2.00 e. The number of rotatable bonds is 13. The SMILES string of the molecule is CCC(=O)[C@H]1[C@@H](c2ccc(Cl)c(Cl)c2)CC2CC[C@H]1N2CCCN(CC[S-])CC([O-])=NCC[S-].[O-2].[Tc+5]. The molecule has 36 heavy (non-hydrogen) atoms. The molecule has 11 heteroatoms. The fourth-order valence-corrected chi connectivity index (χ4v) is 6.37. The maximum Gasteiger partial charge on any atom is 5.00 e. The first-order valence-electron chi connectivity index (χ1n) is 12.2. The number of benzene rings is 1. The van der Waals surface area contributed by atoms with E-state index in [1.807, 2.05) is 25.1 Å². The average Bonchev–Trinajstić information content (AvgIpc) is 3.09. The number of nitrogens with zero attached hydrogens (tertiary/aromatic N) is 3. The summed E-state index contributed by atoms with van der Waals surface area (Å²) in [6, 6.07) is 6.53. The zero-order chi connectivity index (χ0) is 24.7. The molecule has 200 valence electrons. The van der Waals surface area contributed by atoms with Crippen LogP contribution in [0.25, 0.3) is 0 Å². The van der Waals surface area contributed by atoms with Gasteiger partial charge in [0.15, 0.2) is 0 Å². The summed E-state index contributed by atoms with van der Waals surface area (Å²) in [5.41, 5.74) is 1.12. The van der Waals surface area contributed by atoms with Crippen molar-refractivity contribution in [1.29, 1.82) is 0 Å². The summed E-state index contributed by atoms with van der Waals surface area (Å²) < 4.78 is 0. The van der Waals surface area contributed by atoms with Gasteiger partial charge in [0.05, 0.1) is 10.0 Å². The molecule has 0 spiro atoms. The Morgan fingerprint density at radius 1 is 1.19 bits per heavy atom. The monoisotopic (exact) mass is 655 g/mol. The van der Waals surface area contributed by atoms with Gasteiger partial charge in [0.25, 0.3) is 0 Å². The van der Waals surface area contributed by atoms with Crippen LogP contribution in [-0.2, 0) is 55.6 Å². The van der Waals surface area contributed by atoms with Gasteiger partial charge in [0.2, 0.25) is 0 Å². The zero-order valence-corrected chi connectivity index (χ0v) is 25.5. The van der Waals surface area contributed by atoms with Crippen LogP contribution in [0, 0.1) is 5.92 Å². The van der Waals surface area contributed by atoms with Crippen molar-refractivity contribution in [3.05, 3.63) is 33.8 Å². The largest absolute Gasteiger partial charge is 5.00 e. The fraction of sp³-hybridized carbons (Fsp3) is 0.680. The van der Waals surface area contributed by atoms with Gasteiger partial charge in [-0.25, -0.2) is 0 Å². The van der Waals surface area contributed by atoms with E-state index in [1.54, 1.807) is 0 Å². The quantitative estimate of drug-likeness (QED) is 0.184. The minimum atomic E-state index is -0.121. The summed E-state index contributed by atoms with van der Waals surface area (Å²) in [5.74, 6) is 1.41. The van der Waals surface area contributed by atoms with Crippen molar-refractivity contribution in [3.8, 4) is 0 Å². The van der Waals surface area contributed by atoms with Crippen LogP contribution in [0.3, 0.4) is 0 Å². The third-order valence-electron chi connectivity index (χ3n) is 7.19. The number of carbonyl (C=O) groups is 1. The van der Waals surface area contributed by atoms with E-state index in [9.17, 15) is 9.90 Å². The first kappa shape index (κ1) is 34.2. The Morgan fingerprint density at radius 2 is 1.94 bits per heavy atom. The summed E-state index contributed by atoms with van der Waals surface area (Å²) in [4.78, 5) is 21.8. The van der Waals surface area contributed by atoms with Gasteiger partial charge >= 0.3 is 20.1 Å². The summed E-state index contributed by atoms with van der Waals surface area (Å²) in [7, 11) is 0. The molecule has 0 radical (unpaired) electrons. The van der Waals surface area contributed by atoms with Crippen LogP contribution in [0.15, 0.2) is 23.2 Å². The van der Waals surface area contributed by atoms with E-state index < -0.39 is 0 Å². The van der Waals surface area contributed by atoms with E-state index in [4.69, 9.17) is 48.5 Å². The zero-order valence-electron chi connectivity index (χ0n) is 20.5. The smallest absolute Gasteiger partial charge is 2.00 e. The third kappa shape index (κ3) is 8.85. The molecule has 1 aromatic carbocycles. The van der Waals surface area contributed by atoms with Gasteiger partial charge in [-0.05, 0) is 74.8 Å². The van der Waals surface area contributed by atoms with Crippen molar-refractivity contribution in [2.45, 2.75) is 57.0 Å². The van der Waals surface area contributed by atoms with Crippen molar-refractivity contribution in [2.75, 3.05) is 44.2 Å². The number of fused-ring (bicyclic) bond motifs is 2. The van der Waals surface area contributed by atoms with Crippen LogP contribution in [0.5, 0.6) is 0 Å². The maximum absolute atomic E-state index is 13.1. The molecule has 2 fully saturated rings. The molecule has 0 amide bonds. The topological polar surface area (TPSA) is 87.5 Å². The number of hydrogen-bond donors (Lipinski definition) is 0. The Morgan fingerprint density at radius 3 is 2.58 bits per heavy atom. The molecule has 0 N–H and O–H groups in total. The number of carbonyl (C=O) groups excluding carboxylic acids is 1. The van der Waals surface area contributed by atoms with Crippen LogP contribution in [0.1, 0.15) is 50.5 Å². The molecule has 3 rings (SSSR count). The van der Waals surface area contributed by atoms with E-state index >= 15 is 0 Å². The van der Waals surface area contributed by atoms with Crippen molar-refractivity contribution in [3.63, 3.8) is 0 Å². The van der Waals surface area contributed by atoms with Gasteiger partial charge in [-0.3, -0.25) is 9.69 Å². The molecule has 2 bridgehead atoms. The Hall–Kier alpha value is 0.169. The molecular formula is C25H34Cl2N3O3S2Tc. The van der Waals surface area contributed by atoms with E-state index in [0.29, 0.717) is 59.4 Å². The van der Waals surface area contributed by atoms with Gasteiger partial charge in [-0.1, -0.05) is 36.2 Å². The maximum atomic E-state index is 13.1. The van der Waals surface area contributed by atoms with Crippen LogP contribution in [0.2, 0.25) is 10.0 Å². The number of halogens is 2. The fourth-order valence-electron chi connectivity index (χ4n) is 5.71. The summed E-state index contributed by atoms with van der Waals surface area (Å²) in [5, 5.41) is 13.2. The van der Waals surface area contributed by atoms with E-state index in [0.717, 1.165) is 44.3 Å². The molecule has 2 aliphatic heterocycles. The van der Waals surface area contributed by atoms with Crippen molar-refractivity contribution in [1.82, 2.24) is 9.80 Å². The van der Waals surface area contributed by atoms with Crippen LogP contribution >= 0.6 is 23.2 Å². The second-order valence-corrected chi connectivity index (χ2v) is 10.8. The second-order valence-electron chi connectivity index (χ2n) is 9.21. The second kappa shape index (κ2) is 17.0. The Balaban J connectivity index is 0.00000324. The third-order valence-corrected chi connectivity index (χ3v) is 8.30. The predicted molar refractivity (Wildman–Crippen MR) is 145 cm³/mol. The van der Waals surface area contributed by atoms with Crippen molar-refractivity contribution in [2.24, 2.45) is 10.9 Å². The number of Topliss-reactive ketones (excluding diaryl/α,β-unsaturated/α-hetero) is 1. The van der Waals surface area contributed by atoms with Crippen LogP contribution in [0.4, 0.5) is 0 Å². The molecule has 2 saturated heterocycles. The molecule has 4 atom stereocenters. The van der Waals surface area contributed by atoms with Gasteiger partial charge in [0, 0.05) is 37.5 Å². The van der Waals surface area contributed by atoms with Crippen LogP contribution in [-0.4, -0.2) is 77.8 Å². The summed E-state index contributed by atoms with van der Waals surface area (Å²) in [6.07, 6.45) is 4.60. The van der Waals surface area contributed by atoms with E-state index in [2.05, 4.69) is 14.8 Å². The van der Waals surface area contributed by atoms with E-state index in [-0.39, 0.29) is 49.4 Å². The molecule has 0 aliphatic carbocycles. The molecule has 1 unspecified atom stereocenters. The van der Waals surface area contributed by atoms with Crippen molar-refractivity contribution < 1.29 is 35.5 Å². The number of piperidine rings is 1. The summed E-state index contributed by atoms with van der Waals surface area (Å²) >= 11 is 22.5. The van der Waals surface area contributed by atoms with Gasteiger partial charge in [0.1, 0.15) is 5.78 Å². The molecule has 0 aromatic heterocycles. The molecular weight excluding hydrogens is 623 g/mol. The van der Waals surface area contributed by atoms with Crippen molar-refractivity contribution >= 4 is 60.1 Å². The standard InChI is InChI=1S/C25H37Cl2N3O2S2.O.Tc/c1-2-23(31)25-19(17-4-6-20(26)21(27)14-17)15-18-5-7-22(25)30(18)10-3-9-29(11-13-34)16-24(32)28-8-12-33;;/h4,6,14,18-19,22,25,33-34H,2-3,5,7-13,15-16H2,1H3,(H,28,32);;/q;-2;+5/p-3/t18?,19-,22-,25+;;/m1../s1. The van der Waals surface area contributed by atoms with Crippen LogP contribution < -0.4 is 5.11 Å². The predicted octanol–water partition coefficient (Wildman–Crippen LogP) is 3.33. The first-order valence-corrected chi connectivity index (χ1v) is 14.1. The minimum absolute atomic E-state index is 0. The normalized spacial score (nSPS) is 23.9. The molecule has 2 heterocycles. The molecule has 0 saturated carbocycles. The van der Waals surface area contributed by atoms with Gasteiger partial charge in [-0.2, -0.15) is 11.5 Å². The Bertz CT molecular complexity index is 868. The average molecular weight is 658 g/mol. The molecule has 1 aromatic rings. The first-order chi connectivity index (χ1) is 16.4. The summed E-state index contributed by atoms with van der Waals surface area (Å²) in [6.45, 7) is 5.08. The van der Waals surface area contributed by atoms with Gasteiger partial charge in [-0.15, -0.1) is 0 Å². The number of aliphatic imine (C=N–C) groups is 1. The number of hydrogen-bond acceptors (Lipinski definition) is 7. The van der Waals surface area contributed by atoms with E-state index in [1.165, 1.54) is 0 Å². The Kier molecular flexibility index (Phi) is 16.1. The molecule has 6 nitrogen and oxygen atoms in total. The molecule has 2 aliphatic rings. The Labute approximate surface area is 250 Å². The number of ketones is 1.